The lowest BCUT2D eigenvalue weighted by Gasteiger charge is -2.18. The second kappa shape index (κ2) is 7.57. The first-order chi connectivity index (χ1) is 12.0. The molecule has 0 aromatic heterocycles. The molecule has 1 fully saturated rings. The molecule has 1 heterocycles. The van der Waals surface area contributed by atoms with Crippen molar-refractivity contribution in [2.45, 2.75) is 18.9 Å². The number of nitrogens with zero attached hydrogens (tertiary/aromatic N) is 1. The lowest BCUT2D eigenvalue weighted by Crippen LogP contribution is -2.38. The first-order valence-electron chi connectivity index (χ1n) is 8.03. The van der Waals surface area contributed by atoms with Crippen molar-refractivity contribution in [1.82, 2.24) is 5.32 Å². The molecule has 2 aromatic carbocycles. The molecular formula is C19H19ClN2O3. The summed E-state index contributed by atoms with van der Waals surface area (Å²) in [5.74, 6) is 0.582. The third kappa shape index (κ3) is 4.31. The van der Waals surface area contributed by atoms with Gasteiger partial charge in [-0.25, -0.2) is 0 Å². The summed E-state index contributed by atoms with van der Waals surface area (Å²) in [6, 6.07) is 14.3. The summed E-state index contributed by atoms with van der Waals surface area (Å²) in [6.07, 6.45) is 0.560. The number of benzene rings is 2. The first-order valence-corrected chi connectivity index (χ1v) is 8.41. The van der Waals surface area contributed by atoms with Crippen molar-refractivity contribution in [3.63, 3.8) is 0 Å². The molecule has 25 heavy (non-hydrogen) atoms. The molecule has 1 aliphatic rings. The highest BCUT2D eigenvalue weighted by Crippen LogP contribution is 2.25. The van der Waals surface area contributed by atoms with Gasteiger partial charge in [-0.15, -0.1) is 0 Å². The van der Waals surface area contributed by atoms with Crippen LogP contribution in [0.4, 0.5) is 5.69 Å². The van der Waals surface area contributed by atoms with Crippen molar-refractivity contribution in [1.29, 1.82) is 0 Å². The topological polar surface area (TPSA) is 58.6 Å². The second-order valence-corrected chi connectivity index (χ2v) is 6.41. The molecule has 0 bridgehead atoms. The number of amides is 2. The van der Waals surface area contributed by atoms with Gasteiger partial charge in [-0.05, 0) is 29.8 Å². The SMILES string of the molecule is COc1cccc(N2C[C@@H](NC(=O)Cc3ccc(Cl)cc3)CC2=O)c1. The Labute approximate surface area is 151 Å². The molecule has 1 N–H and O–H groups in total. The minimum Gasteiger partial charge on any atom is -0.497 e. The van der Waals surface area contributed by atoms with Crippen LogP contribution < -0.4 is 15.0 Å². The zero-order chi connectivity index (χ0) is 17.8. The number of hydrogen-bond donors (Lipinski definition) is 1. The molecule has 2 aromatic rings. The average molecular weight is 359 g/mol. The highest BCUT2D eigenvalue weighted by atomic mass is 35.5. The summed E-state index contributed by atoms with van der Waals surface area (Å²) < 4.78 is 5.20. The Kier molecular flexibility index (Phi) is 5.24. The summed E-state index contributed by atoms with van der Waals surface area (Å²) in [6.45, 7) is 0.457. The lowest BCUT2D eigenvalue weighted by atomic mass is 10.1. The summed E-state index contributed by atoms with van der Waals surface area (Å²) >= 11 is 5.85. The van der Waals surface area contributed by atoms with Crippen molar-refractivity contribution < 1.29 is 14.3 Å². The molecule has 1 aliphatic heterocycles. The van der Waals surface area contributed by atoms with Gasteiger partial charge in [0.2, 0.25) is 11.8 Å². The number of ether oxygens (including phenoxy) is 1. The van der Waals surface area contributed by atoms with Crippen LogP contribution in [0, 0.1) is 0 Å². The van der Waals surface area contributed by atoms with E-state index in [0.29, 0.717) is 23.7 Å². The summed E-state index contributed by atoms with van der Waals surface area (Å²) in [5.41, 5.74) is 1.66. The van der Waals surface area contributed by atoms with E-state index in [9.17, 15) is 9.59 Å². The van der Waals surface area contributed by atoms with Gasteiger partial charge in [-0.2, -0.15) is 0 Å². The highest BCUT2D eigenvalue weighted by molar-refractivity contribution is 6.30. The van der Waals surface area contributed by atoms with Crippen LogP contribution in [0.2, 0.25) is 5.02 Å². The molecule has 5 nitrogen and oxygen atoms in total. The van der Waals surface area contributed by atoms with Crippen LogP contribution in [0.5, 0.6) is 5.75 Å². The van der Waals surface area contributed by atoms with E-state index in [2.05, 4.69) is 5.32 Å². The van der Waals surface area contributed by atoms with Gasteiger partial charge in [0.05, 0.1) is 19.6 Å². The molecule has 3 rings (SSSR count). The summed E-state index contributed by atoms with van der Waals surface area (Å²) in [7, 11) is 1.59. The number of nitrogens with one attached hydrogen (secondary N) is 1. The molecule has 0 radical (unpaired) electrons. The van der Waals surface area contributed by atoms with Crippen molar-refractivity contribution in [3.05, 3.63) is 59.1 Å². The van der Waals surface area contributed by atoms with Gasteiger partial charge in [-0.1, -0.05) is 29.8 Å². The summed E-state index contributed by atoms with van der Waals surface area (Å²) in [4.78, 5) is 26.2. The Morgan fingerprint density at radius 3 is 2.76 bits per heavy atom. The molecule has 2 amide bonds. The van der Waals surface area contributed by atoms with Crippen molar-refractivity contribution in [2.75, 3.05) is 18.6 Å². The highest BCUT2D eigenvalue weighted by Gasteiger charge is 2.31. The number of halogens is 1. The maximum atomic E-state index is 12.3. The fourth-order valence-corrected chi connectivity index (χ4v) is 3.02. The number of rotatable bonds is 5. The lowest BCUT2D eigenvalue weighted by molar-refractivity contribution is -0.121. The molecule has 0 unspecified atom stereocenters. The molecule has 1 saturated heterocycles. The standard InChI is InChI=1S/C19H19ClN2O3/c1-25-17-4-2-3-16(11-17)22-12-15(10-19(22)24)21-18(23)9-13-5-7-14(20)8-6-13/h2-8,11,15H,9-10,12H2,1H3,(H,21,23)/t15-/m0/s1. The van der Waals surface area contributed by atoms with Crippen LogP contribution in [0.15, 0.2) is 48.5 Å². The van der Waals surface area contributed by atoms with Crippen molar-refractivity contribution >= 4 is 29.1 Å². The van der Waals surface area contributed by atoms with E-state index in [1.807, 2.05) is 36.4 Å². The predicted octanol–water partition coefficient (Wildman–Crippen LogP) is 2.81. The molecule has 6 heteroatoms. The van der Waals surface area contributed by atoms with Gasteiger partial charge < -0.3 is 15.0 Å². The van der Waals surface area contributed by atoms with Crippen LogP contribution in [0.3, 0.4) is 0 Å². The van der Waals surface area contributed by atoms with E-state index in [-0.39, 0.29) is 24.3 Å². The number of methoxy groups -OCH3 is 1. The Morgan fingerprint density at radius 1 is 1.28 bits per heavy atom. The Hall–Kier alpha value is -2.53. The second-order valence-electron chi connectivity index (χ2n) is 5.98. The third-order valence-electron chi connectivity index (χ3n) is 4.13. The Bertz CT molecular complexity index is 776. The average Bonchev–Trinajstić information content (AvgIpc) is 2.97. The van der Waals surface area contributed by atoms with Gasteiger partial charge in [0.15, 0.2) is 0 Å². The molecular weight excluding hydrogens is 340 g/mol. The first kappa shape index (κ1) is 17.3. The number of hydrogen-bond acceptors (Lipinski definition) is 3. The van der Waals surface area contributed by atoms with E-state index in [4.69, 9.17) is 16.3 Å². The van der Waals surface area contributed by atoms with Crippen LogP contribution >= 0.6 is 11.6 Å². The van der Waals surface area contributed by atoms with Crippen molar-refractivity contribution in [2.24, 2.45) is 0 Å². The van der Waals surface area contributed by atoms with Crippen LogP contribution in [0.25, 0.3) is 0 Å². The van der Waals surface area contributed by atoms with Gasteiger partial charge >= 0.3 is 0 Å². The number of anilines is 1. The smallest absolute Gasteiger partial charge is 0.229 e. The minimum atomic E-state index is -0.196. The largest absolute Gasteiger partial charge is 0.497 e. The molecule has 130 valence electrons. The van der Waals surface area contributed by atoms with Crippen LogP contribution in [-0.2, 0) is 16.0 Å². The third-order valence-corrected chi connectivity index (χ3v) is 4.39. The Balaban J connectivity index is 1.60. The minimum absolute atomic E-state index is 0.00922. The maximum Gasteiger partial charge on any atom is 0.229 e. The van der Waals surface area contributed by atoms with Gasteiger partial charge in [-0.3, -0.25) is 9.59 Å². The van der Waals surface area contributed by atoms with E-state index in [0.717, 1.165) is 11.3 Å². The zero-order valence-corrected chi connectivity index (χ0v) is 14.6. The maximum absolute atomic E-state index is 12.3. The van der Waals surface area contributed by atoms with Crippen LogP contribution in [-0.4, -0.2) is 31.5 Å². The molecule has 0 saturated carbocycles. The van der Waals surface area contributed by atoms with Gasteiger partial charge in [0.25, 0.3) is 0 Å². The summed E-state index contributed by atoms with van der Waals surface area (Å²) in [5, 5.41) is 3.57. The quantitative estimate of drug-likeness (QED) is 0.894. The normalized spacial score (nSPS) is 16.8. The van der Waals surface area contributed by atoms with Crippen molar-refractivity contribution in [3.8, 4) is 5.75 Å². The fourth-order valence-electron chi connectivity index (χ4n) is 2.90. The van der Waals surface area contributed by atoms with Gasteiger partial charge in [0, 0.05) is 29.7 Å². The van der Waals surface area contributed by atoms with E-state index < -0.39 is 0 Å². The van der Waals surface area contributed by atoms with Gasteiger partial charge in [0.1, 0.15) is 5.75 Å². The number of carbonyl (C=O) groups is 2. The molecule has 0 spiro atoms. The predicted molar refractivity (Wildman–Crippen MR) is 97.1 cm³/mol. The number of carbonyl (C=O) groups excluding carboxylic acids is 2. The monoisotopic (exact) mass is 358 g/mol. The van der Waals surface area contributed by atoms with E-state index in [1.165, 1.54) is 0 Å². The molecule has 0 aliphatic carbocycles. The Morgan fingerprint density at radius 2 is 2.04 bits per heavy atom. The van der Waals surface area contributed by atoms with E-state index in [1.54, 1.807) is 24.1 Å². The molecule has 1 atom stereocenters. The zero-order valence-electron chi connectivity index (χ0n) is 13.9. The van der Waals surface area contributed by atoms with Crippen LogP contribution in [0.1, 0.15) is 12.0 Å². The van der Waals surface area contributed by atoms with E-state index >= 15 is 0 Å². The fraction of sp³-hybridized carbons (Fsp3) is 0.263.